The van der Waals surface area contributed by atoms with Crippen molar-refractivity contribution in [2.45, 2.75) is 26.4 Å². The Morgan fingerprint density at radius 2 is 2.05 bits per heavy atom. The Balaban J connectivity index is 1.70. The van der Waals surface area contributed by atoms with Crippen molar-refractivity contribution in [3.05, 3.63) is 18.2 Å². The first-order valence-corrected chi connectivity index (χ1v) is 6.43. The monoisotopic (exact) mass is 281 g/mol. The molecule has 1 heterocycles. The highest BCUT2D eigenvalue weighted by atomic mass is 16.7. The van der Waals surface area contributed by atoms with E-state index >= 15 is 0 Å². The predicted octanol–water partition coefficient (Wildman–Crippen LogP) is 2.32. The second-order valence-corrected chi connectivity index (χ2v) is 5.29. The molecule has 6 nitrogen and oxygen atoms in total. The first kappa shape index (κ1) is 14.3. The lowest BCUT2D eigenvalue weighted by Gasteiger charge is -2.19. The van der Waals surface area contributed by atoms with E-state index in [1.807, 2.05) is 20.8 Å². The van der Waals surface area contributed by atoms with Gasteiger partial charge < -0.3 is 24.3 Å². The Morgan fingerprint density at radius 3 is 2.80 bits per heavy atom. The minimum atomic E-state index is -0.498. The molecule has 110 valence electrons. The first-order chi connectivity index (χ1) is 9.44. The summed E-state index contributed by atoms with van der Waals surface area (Å²) in [6.07, 6.45) is -0.452. The quantitative estimate of drug-likeness (QED) is 0.858. The van der Waals surface area contributed by atoms with Crippen molar-refractivity contribution < 1.29 is 23.7 Å². The Hall–Kier alpha value is -2.11. The fourth-order valence-electron chi connectivity index (χ4n) is 1.60. The summed E-state index contributed by atoms with van der Waals surface area (Å²) in [4.78, 5) is 11.4. The molecule has 0 fully saturated rings. The van der Waals surface area contributed by atoms with Gasteiger partial charge in [0.05, 0.1) is 6.54 Å². The van der Waals surface area contributed by atoms with Crippen LogP contribution in [0.4, 0.5) is 4.79 Å². The second-order valence-electron chi connectivity index (χ2n) is 5.29. The summed E-state index contributed by atoms with van der Waals surface area (Å²) in [5.41, 5.74) is -0.498. The van der Waals surface area contributed by atoms with E-state index in [1.54, 1.807) is 18.2 Å². The number of rotatable bonds is 4. The van der Waals surface area contributed by atoms with Crippen LogP contribution in [0.3, 0.4) is 0 Å². The SMILES string of the molecule is CC(C)(C)OC(=O)NCCOc1ccc2c(c1)OCO2. The number of carbonyl (C=O) groups excluding carboxylic acids is 1. The number of alkyl carbamates (subject to hydrolysis) is 1. The molecular weight excluding hydrogens is 262 g/mol. The van der Waals surface area contributed by atoms with Crippen LogP contribution in [0.5, 0.6) is 17.2 Å². The molecule has 0 saturated heterocycles. The van der Waals surface area contributed by atoms with E-state index in [9.17, 15) is 4.79 Å². The lowest BCUT2D eigenvalue weighted by atomic mass is 10.2. The lowest BCUT2D eigenvalue weighted by molar-refractivity contribution is 0.0520. The van der Waals surface area contributed by atoms with Crippen molar-refractivity contribution in [2.75, 3.05) is 19.9 Å². The van der Waals surface area contributed by atoms with Crippen molar-refractivity contribution in [1.29, 1.82) is 0 Å². The summed E-state index contributed by atoms with van der Waals surface area (Å²) in [6, 6.07) is 5.34. The van der Waals surface area contributed by atoms with E-state index in [0.717, 1.165) is 0 Å². The molecule has 1 aliphatic rings. The molecule has 0 radical (unpaired) electrons. The molecular formula is C14H19NO5. The van der Waals surface area contributed by atoms with Crippen LogP contribution in [0.2, 0.25) is 0 Å². The summed E-state index contributed by atoms with van der Waals surface area (Å²) >= 11 is 0. The van der Waals surface area contributed by atoms with Gasteiger partial charge in [-0.2, -0.15) is 0 Å². The Morgan fingerprint density at radius 1 is 1.30 bits per heavy atom. The highest BCUT2D eigenvalue weighted by Gasteiger charge is 2.16. The van der Waals surface area contributed by atoms with Crippen molar-refractivity contribution in [2.24, 2.45) is 0 Å². The number of amides is 1. The van der Waals surface area contributed by atoms with E-state index in [-0.39, 0.29) is 6.79 Å². The van der Waals surface area contributed by atoms with Gasteiger partial charge in [-0.15, -0.1) is 0 Å². The molecule has 2 rings (SSSR count). The van der Waals surface area contributed by atoms with E-state index in [1.165, 1.54) is 0 Å². The fraction of sp³-hybridized carbons (Fsp3) is 0.500. The van der Waals surface area contributed by atoms with Gasteiger partial charge in [0.25, 0.3) is 0 Å². The molecule has 1 aromatic carbocycles. The molecule has 0 unspecified atom stereocenters. The van der Waals surface area contributed by atoms with Crippen LogP contribution in [0.15, 0.2) is 18.2 Å². The normalized spacial score (nSPS) is 12.9. The molecule has 6 heteroatoms. The van der Waals surface area contributed by atoms with Crippen LogP contribution in [-0.2, 0) is 4.74 Å². The van der Waals surface area contributed by atoms with Crippen LogP contribution in [0, 0.1) is 0 Å². The van der Waals surface area contributed by atoms with Crippen molar-refractivity contribution in [3.63, 3.8) is 0 Å². The molecule has 0 bridgehead atoms. The molecule has 1 N–H and O–H groups in total. The molecule has 0 aromatic heterocycles. The number of hydrogen-bond acceptors (Lipinski definition) is 5. The number of nitrogens with one attached hydrogen (secondary N) is 1. The average Bonchev–Trinajstić information content (AvgIpc) is 2.79. The van der Waals surface area contributed by atoms with Crippen molar-refractivity contribution in [1.82, 2.24) is 5.32 Å². The topological polar surface area (TPSA) is 66.0 Å². The molecule has 1 amide bonds. The number of hydrogen-bond donors (Lipinski definition) is 1. The fourth-order valence-corrected chi connectivity index (χ4v) is 1.60. The molecule has 0 aliphatic carbocycles. The zero-order valence-corrected chi connectivity index (χ0v) is 11.9. The third-order valence-corrected chi connectivity index (χ3v) is 2.38. The smallest absolute Gasteiger partial charge is 0.407 e. The molecule has 0 spiro atoms. The molecule has 1 aromatic rings. The summed E-state index contributed by atoms with van der Waals surface area (Å²) in [5.74, 6) is 2.05. The van der Waals surface area contributed by atoms with E-state index in [4.69, 9.17) is 18.9 Å². The minimum absolute atomic E-state index is 0.235. The van der Waals surface area contributed by atoms with Crippen LogP contribution < -0.4 is 19.5 Å². The van der Waals surface area contributed by atoms with Crippen LogP contribution in [0.1, 0.15) is 20.8 Å². The summed E-state index contributed by atoms with van der Waals surface area (Å²) in [7, 11) is 0. The van der Waals surface area contributed by atoms with Crippen molar-refractivity contribution >= 4 is 6.09 Å². The third kappa shape index (κ3) is 4.22. The first-order valence-electron chi connectivity index (χ1n) is 6.43. The minimum Gasteiger partial charge on any atom is -0.492 e. The number of benzene rings is 1. The van der Waals surface area contributed by atoms with Crippen LogP contribution in [-0.4, -0.2) is 31.6 Å². The number of carbonyl (C=O) groups is 1. The maximum Gasteiger partial charge on any atom is 0.407 e. The largest absolute Gasteiger partial charge is 0.492 e. The average molecular weight is 281 g/mol. The van der Waals surface area contributed by atoms with Gasteiger partial charge in [0, 0.05) is 6.07 Å². The van der Waals surface area contributed by atoms with Gasteiger partial charge in [-0.3, -0.25) is 0 Å². The summed E-state index contributed by atoms with van der Waals surface area (Å²) in [6.45, 7) is 6.39. The predicted molar refractivity (Wildman–Crippen MR) is 72.3 cm³/mol. The Bertz CT molecular complexity index is 481. The zero-order valence-electron chi connectivity index (χ0n) is 11.9. The maximum absolute atomic E-state index is 11.4. The molecule has 0 atom stereocenters. The number of ether oxygens (including phenoxy) is 4. The zero-order chi connectivity index (χ0) is 14.6. The molecule has 0 saturated carbocycles. The lowest BCUT2D eigenvalue weighted by Crippen LogP contribution is -2.34. The Kier molecular flexibility index (Phi) is 4.22. The van der Waals surface area contributed by atoms with Gasteiger partial charge in [-0.1, -0.05) is 0 Å². The van der Waals surface area contributed by atoms with E-state index in [2.05, 4.69) is 5.32 Å². The highest BCUT2D eigenvalue weighted by Crippen LogP contribution is 2.34. The molecule has 20 heavy (non-hydrogen) atoms. The van der Waals surface area contributed by atoms with E-state index in [0.29, 0.717) is 30.4 Å². The van der Waals surface area contributed by atoms with Crippen molar-refractivity contribution in [3.8, 4) is 17.2 Å². The van der Waals surface area contributed by atoms with Gasteiger partial charge in [-0.05, 0) is 32.9 Å². The highest BCUT2D eigenvalue weighted by molar-refractivity contribution is 5.67. The number of fused-ring (bicyclic) bond motifs is 1. The second kappa shape index (κ2) is 5.90. The van der Waals surface area contributed by atoms with Gasteiger partial charge in [-0.25, -0.2) is 4.79 Å². The van der Waals surface area contributed by atoms with Crippen LogP contribution in [0.25, 0.3) is 0 Å². The Labute approximate surface area is 118 Å². The standard InChI is InChI=1S/C14H19NO5/c1-14(2,3)20-13(16)15-6-7-17-10-4-5-11-12(8-10)19-9-18-11/h4-5,8H,6-7,9H2,1-3H3,(H,15,16). The van der Waals surface area contributed by atoms with Gasteiger partial charge in [0.1, 0.15) is 18.0 Å². The van der Waals surface area contributed by atoms with E-state index < -0.39 is 11.7 Å². The maximum atomic E-state index is 11.4. The third-order valence-electron chi connectivity index (χ3n) is 2.38. The summed E-state index contributed by atoms with van der Waals surface area (Å²) < 4.78 is 21.1. The van der Waals surface area contributed by atoms with Gasteiger partial charge in [0.2, 0.25) is 6.79 Å². The van der Waals surface area contributed by atoms with Gasteiger partial charge >= 0.3 is 6.09 Å². The van der Waals surface area contributed by atoms with Gasteiger partial charge in [0.15, 0.2) is 11.5 Å². The molecule has 1 aliphatic heterocycles. The summed E-state index contributed by atoms with van der Waals surface area (Å²) in [5, 5.41) is 2.62. The van der Waals surface area contributed by atoms with Crippen LogP contribution >= 0.6 is 0 Å².